The summed E-state index contributed by atoms with van der Waals surface area (Å²) >= 11 is 0.955. The molecule has 0 saturated carbocycles. The number of hydrogen-bond donors (Lipinski definition) is 0. The van der Waals surface area contributed by atoms with Crippen LogP contribution in [0.15, 0.2) is 65.6 Å². The zero-order valence-corrected chi connectivity index (χ0v) is 19.5. The number of esters is 1. The Labute approximate surface area is 196 Å². The van der Waals surface area contributed by atoms with Gasteiger partial charge in [-0.05, 0) is 74.0 Å². The SMILES string of the molecule is CCOC(=O)c1cccc(-n2c(C)cc(/C=C3\SC(=O)N(Cc4ccccc4)C3=O)c2C)c1. The monoisotopic (exact) mass is 460 g/mol. The van der Waals surface area contributed by atoms with Gasteiger partial charge in [-0.25, -0.2) is 4.79 Å². The summed E-state index contributed by atoms with van der Waals surface area (Å²) < 4.78 is 7.13. The van der Waals surface area contributed by atoms with Crippen molar-refractivity contribution in [3.8, 4) is 5.69 Å². The minimum atomic E-state index is -0.367. The molecule has 0 N–H and O–H groups in total. The third-order valence-corrected chi connectivity index (χ3v) is 6.34. The quantitative estimate of drug-likeness (QED) is 0.359. The lowest BCUT2D eigenvalue weighted by atomic mass is 10.2. The first kappa shape index (κ1) is 22.6. The molecule has 1 aliphatic heterocycles. The number of ether oxygens (including phenoxy) is 1. The van der Waals surface area contributed by atoms with Crippen molar-refractivity contribution in [3.63, 3.8) is 0 Å². The van der Waals surface area contributed by atoms with Crippen LogP contribution in [0.25, 0.3) is 11.8 Å². The van der Waals surface area contributed by atoms with Gasteiger partial charge in [0.25, 0.3) is 11.1 Å². The standard InChI is InChI=1S/C26H24N2O4S/c1-4-32-25(30)20-11-8-12-22(14-20)28-17(2)13-21(18(28)3)15-23-24(29)27(26(31)33-23)16-19-9-6-5-7-10-19/h5-15H,4,16H2,1-3H3/b23-15-. The normalized spacial score (nSPS) is 14.9. The van der Waals surface area contributed by atoms with E-state index in [-0.39, 0.29) is 23.7 Å². The van der Waals surface area contributed by atoms with Crippen LogP contribution in [0, 0.1) is 13.8 Å². The highest BCUT2D eigenvalue weighted by Crippen LogP contribution is 2.34. The number of benzene rings is 2. The Bertz CT molecular complexity index is 1260. The van der Waals surface area contributed by atoms with E-state index in [2.05, 4.69) is 0 Å². The van der Waals surface area contributed by atoms with Gasteiger partial charge < -0.3 is 9.30 Å². The van der Waals surface area contributed by atoms with Crippen LogP contribution in [-0.2, 0) is 16.1 Å². The molecule has 2 heterocycles. The summed E-state index contributed by atoms with van der Waals surface area (Å²) in [6, 6.07) is 18.7. The number of aromatic nitrogens is 1. The van der Waals surface area contributed by atoms with Crippen LogP contribution in [0.5, 0.6) is 0 Å². The highest BCUT2D eigenvalue weighted by molar-refractivity contribution is 8.18. The predicted molar refractivity (Wildman–Crippen MR) is 129 cm³/mol. The van der Waals surface area contributed by atoms with E-state index in [1.54, 1.807) is 25.1 Å². The van der Waals surface area contributed by atoms with Crippen molar-refractivity contribution in [1.82, 2.24) is 9.47 Å². The van der Waals surface area contributed by atoms with Crippen molar-refractivity contribution in [3.05, 3.63) is 93.6 Å². The largest absolute Gasteiger partial charge is 0.462 e. The lowest BCUT2D eigenvalue weighted by Gasteiger charge is -2.12. The fourth-order valence-electron chi connectivity index (χ4n) is 3.86. The molecule has 168 valence electrons. The number of carbonyl (C=O) groups is 3. The molecule has 1 saturated heterocycles. The Morgan fingerprint density at radius 3 is 2.52 bits per heavy atom. The Hall–Kier alpha value is -3.58. The average Bonchev–Trinajstić information content (AvgIpc) is 3.24. The van der Waals surface area contributed by atoms with Crippen molar-refractivity contribution < 1.29 is 19.1 Å². The van der Waals surface area contributed by atoms with Crippen molar-refractivity contribution >= 4 is 35.0 Å². The number of amides is 2. The molecule has 0 bridgehead atoms. The third kappa shape index (κ3) is 4.64. The van der Waals surface area contributed by atoms with Gasteiger partial charge in [-0.3, -0.25) is 14.5 Å². The fourth-order valence-corrected chi connectivity index (χ4v) is 4.69. The van der Waals surface area contributed by atoms with Crippen LogP contribution in [0.1, 0.15) is 39.8 Å². The van der Waals surface area contributed by atoms with Gasteiger partial charge in [0, 0.05) is 17.1 Å². The molecule has 2 amide bonds. The van der Waals surface area contributed by atoms with Crippen LogP contribution in [0.3, 0.4) is 0 Å². The van der Waals surface area contributed by atoms with E-state index in [4.69, 9.17) is 4.74 Å². The first-order valence-corrected chi connectivity index (χ1v) is 11.5. The summed E-state index contributed by atoms with van der Waals surface area (Å²) in [5.74, 6) is -0.655. The van der Waals surface area contributed by atoms with Crippen molar-refractivity contribution in [2.75, 3.05) is 6.61 Å². The number of carbonyl (C=O) groups excluding carboxylic acids is 3. The Morgan fingerprint density at radius 2 is 1.79 bits per heavy atom. The second kappa shape index (κ2) is 9.50. The summed E-state index contributed by atoms with van der Waals surface area (Å²) in [5, 5.41) is -0.272. The van der Waals surface area contributed by atoms with E-state index in [1.165, 1.54) is 4.90 Å². The van der Waals surface area contributed by atoms with Gasteiger partial charge in [0.2, 0.25) is 0 Å². The van der Waals surface area contributed by atoms with E-state index >= 15 is 0 Å². The molecule has 6 nitrogen and oxygen atoms in total. The summed E-state index contributed by atoms with van der Waals surface area (Å²) in [6.45, 7) is 6.25. The van der Waals surface area contributed by atoms with Gasteiger partial charge in [0.05, 0.1) is 23.6 Å². The maximum Gasteiger partial charge on any atom is 0.338 e. The first-order valence-electron chi connectivity index (χ1n) is 10.6. The number of rotatable bonds is 6. The van der Waals surface area contributed by atoms with E-state index in [9.17, 15) is 14.4 Å². The average molecular weight is 461 g/mol. The molecule has 1 aromatic heterocycles. The smallest absolute Gasteiger partial charge is 0.338 e. The van der Waals surface area contributed by atoms with Crippen molar-refractivity contribution in [1.29, 1.82) is 0 Å². The number of nitrogens with zero attached hydrogens (tertiary/aromatic N) is 2. The van der Waals surface area contributed by atoms with Gasteiger partial charge in [0.15, 0.2) is 0 Å². The molecule has 0 unspecified atom stereocenters. The highest BCUT2D eigenvalue weighted by atomic mass is 32.2. The lowest BCUT2D eigenvalue weighted by Crippen LogP contribution is -2.27. The molecule has 0 aliphatic carbocycles. The van der Waals surface area contributed by atoms with Gasteiger partial charge >= 0.3 is 5.97 Å². The minimum absolute atomic E-state index is 0.253. The fraction of sp³-hybridized carbons (Fsp3) is 0.192. The van der Waals surface area contributed by atoms with Gasteiger partial charge in [-0.2, -0.15) is 0 Å². The number of thioether (sulfide) groups is 1. The summed E-state index contributed by atoms with van der Waals surface area (Å²) in [6.07, 6.45) is 1.77. The molecule has 2 aromatic carbocycles. The van der Waals surface area contributed by atoms with Crippen molar-refractivity contribution in [2.24, 2.45) is 0 Å². The zero-order valence-electron chi connectivity index (χ0n) is 18.7. The summed E-state index contributed by atoms with van der Waals surface area (Å²) in [4.78, 5) is 39.3. The van der Waals surface area contributed by atoms with Crippen LogP contribution in [0.4, 0.5) is 4.79 Å². The maximum absolute atomic E-state index is 12.9. The molecule has 3 aromatic rings. The minimum Gasteiger partial charge on any atom is -0.462 e. The van der Waals surface area contributed by atoms with E-state index in [1.807, 2.05) is 66.9 Å². The molecule has 33 heavy (non-hydrogen) atoms. The predicted octanol–water partition coefficient (Wildman–Crippen LogP) is 5.51. The maximum atomic E-state index is 12.9. The number of imide groups is 1. The van der Waals surface area contributed by atoms with Gasteiger partial charge in [0.1, 0.15) is 0 Å². The van der Waals surface area contributed by atoms with Crippen LogP contribution in [0.2, 0.25) is 0 Å². The second-order valence-electron chi connectivity index (χ2n) is 7.69. The van der Waals surface area contributed by atoms with E-state index < -0.39 is 0 Å². The first-order chi connectivity index (χ1) is 15.9. The molecule has 1 aliphatic rings. The lowest BCUT2D eigenvalue weighted by molar-refractivity contribution is -0.123. The molecule has 4 rings (SSSR count). The van der Waals surface area contributed by atoms with Crippen LogP contribution in [-0.4, -0.2) is 33.2 Å². The number of hydrogen-bond acceptors (Lipinski definition) is 5. The molecular weight excluding hydrogens is 436 g/mol. The molecule has 0 radical (unpaired) electrons. The summed E-state index contributed by atoms with van der Waals surface area (Å²) in [5.41, 5.74) is 4.91. The molecule has 1 fully saturated rings. The Balaban J connectivity index is 1.62. The molecule has 0 spiro atoms. The van der Waals surface area contributed by atoms with Crippen LogP contribution < -0.4 is 0 Å². The van der Waals surface area contributed by atoms with Crippen LogP contribution >= 0.6 is 11.8 Å². The van der Waals surface area contributed by atoms with E-state index in [0.29, 0.717) is 17.1 Å². The Kier molecular flexibility index (Phi) is 6.51. The Morgan fingerprint density at radius 1 is 1.03 bits per heavy atom. The summed E-state index contributed by atoms with van der Waals surface area (Å²) in [7, 11) is 0. The molecular formula is C26H24N2O4S. The zero-order chi connectivity index (χ0) is 23.5. The topological polar surface area (TPSA) is 68.6 Å². The van der Waals surface area contributed by atoms with Gasteiger partial charge in [-0.1, -0.05) is 36.4 Å². The highest BCUT2D eigenvalue weighted by Gasteiger charge is 2.35. The third-order valence-electron chi connectivity index (χ3n) is 5.43. The van der Waals surface area contributed by atoms with Crippen molar-refractivity contribution in [2.45, 2.75) is 27.3 Å². The van der Waals surface area contributed by atoms with E-state index in [0.717, 1.165) is 40.0 Å². The second-order valence-corrected chi connectivity index (χ2v) is 8.68. The molecule has 7 heteroatoms. The number of aryl methyl sites for hydroxylation is 1. The van der Waals surface area contributed by atoms with Gasteiger partial charge in [-0.15, -0.1) is 0 Å². The molecule has 0 atom stereocenters.